The molecule has 7 heteroatoms. The van der Waals surface area contributed by atoms with Crippen LogP contribution in [0.5, 0.6) is 0 Å². The maximum absolute atomic E-state index is 12.1. The quantitative estimate of drug-likeness (QED) is 0.853. The van der Waals surface area contributed by atoms with Gasteiger partial charge < -0.3 is 4.90 Å². The second-order valence-corrected chi connectivity index (χ2v) is 7.00. The van der Waals surface area contributed by atoms with Gasteiger partial charge in [-0.15, -0.1) is 16.4 Å². The Hall–Kier alpha value is -1.60. The molecule has 3 heterocycles. The number of likely N-dealkylation sites (tertiary alicyclic amines) is 1. The molecule has 22 heavy (non-hydrogen) atoms. The van der Waals surface area contributed by atoms with Gasteiger partial charge in [0, 0.05) is 18.0 Å². The highest BCUT2D eigenvalue weighted by Crippen LogP contribution is 2.17. The Kier molecular flexibility index (Phi) is 5.29. The van der Waals surface area contributed by atoms with Crippen molar-refractivity contribution in [3.63, 3.8) is 0 Å². The van der Waals surface area contributed by atoms with Gasteiger partial charge in [-0.05, 0) is 42.9 Å². The molecule has 1 aliphatic rings. The first-order valence-electron chi connectivity index (χ1n) is 7.36. The predicted octanol–water partition coefficient (Wildman–Crippen LogP) is 3.14. The molecule has 0 unspecified atom stereocenters. The predicted molar refractivity (Wildman–Crippen MR) is 90.8 cm³/mol. The third-order valence-electron chi connectivity index (χ3n) is 3.46. The highest BCUT2D eigenvalue weighted by Gasteiger charge is 2.17. The van der Waals surface area contributed by atoms with Crippen molar-refractivity contribution in [3.05, 3.63) is 28.2 Å². The topological polar surface area (TPSA) is 61.9 Å². The lowest BCUT2D eigenvalue weighted by Gasteiger charge is -2.26. The van der Waals surface area contributed by atoms with Gasteiger partial charge in [0.15, 0.2) is 0 Å². The Bertz CT molecular complexity index is 630. The number of hydrogen-bond acceptors (Lipinski definition) is 5. The molecular formula is C15H18N4OS2. The first-order chi connectivity index (χ1) is 10.8. The molecule has 1 saturated heterocycles. The number of nitrogens with one attached hydrogen (secondary N) is 1. The van der Waals surface area contributed by atoms with Gasteiger partial charge in [0.05, 0.1) is 5.75 Å². The summed E-state index contributed by atoms with van der Waals surface area (Å²) in [5.74, 6) is 1.30. The molecule has 0 aliphatic carbocycles. The number of amides is 1. The second-order valence-electron chi connectivity index (χ2n) is 5.08. The smallest absolute Gasteiger partial charge is 0.233 e. The number of carbonyl (C=O) groups excluding carboxylic acids is 1. The van der Waals surface area contributed by atoms with Crippen molar-refractivity contribution in [2.75, 3.05) is 18.8 Å². The van der Waals surface area contributed by atoms with Crippen molar-refractivity contribution in [1.29, 1.82) is 0 Å². The van der Waals surface area contributed by atoms with Gasteiger partial charge in [0.1, 0.15) is 5.82 Å². The van der Waals surface area contributed by atoms with Gasteiger partial charge in [-0.3, -0.25) is 9.89 Å². The average molecular weight is 334 g/mol. The van der Waals surface area contributed by atoms with E-state index in [1.54, 1.807) is 11.3 Å². The van der Waals surface area contributed by atoms with E-state index in [4.69, 9.17) is 0 Å². The summed E-state index contributed by atoms with van der Waals surface area (Å²) >= 11 is 3.07. The van der Waals surface area contributed by atoms with Crippen LogP contribution in [-0.2, 0) is 4.79 Å². The molecule has 2 aromatic rings. The van der Waals surface area contributed by atoms with Crippen LogP contribution in [0.25, 0.3) is 12.2 Å². The molecule has 0 bridgehead atoms. The molecule has 1 fully saturated rings. The molecule has 0 aromatic carbocycles. The highest BCUT2D eigenvalue weighted by molar-refractivity contribution is 7.99. The zero-order chi connectivity index (χ0) is 15.2. The van der Waals surface area contributed by atoms with Gasteiger partial charge in [-0.1, -0.05) is 17.8 Å². The van der Waals surface area contributed by atoms with E-state index in [1.807, 2.05) is 34.6 Å². The summed E-state index contributed by atoms with van der Waals surface area (Å²) in [6, 6.07) is 4.06. The van der Waals surface area contributed by atoms with Crippen molar-refractivity contribution < 1.29 is 4.79 Å². The fourth-order valence-corrected chi connectivity index (χ4v) is 3.63. The number of hydrogen-bond donors (Lipinski definition) is 1. The summed E-state index contributed by atoms with van der Waals surface area (Å²) in [6.45, 7) is 1.78. The van der Waals surface area contributed by atoms with Gasteiger partial charge in [-0.2, -0.15) is 0 Å². The standard InChI is InChI=1S/C15H18N4OS2/c20-14(19-8-2-1-3-9-19)11-22-15-16-13(17-18-15)7-6-12-5-4-10-21-12/h4-7,10H,1-3,8-9,11H2,(H,16,17,18)/b7-6+. The van der Waals surface area contributed by atoms with Gasteiger partial charge >= 0.3 is 0 Å². The number of aromatic amines is 1. The molecule has 1 N–H and O–H groups in total. The molecule has 2 aromatic heterocycles. The maximum Gasteiger partial charge on any atom is 0.233 e. The summed E-state index contributed by atoms with van der Waals surface area (Å²) < 4.78 is 0. The van der Waals surface area contributed by atoms with E-state index >= 15 is 0 Å². The van der Waals surface area contributed by atoms with E-state index in [-0.39, 0.29) is 5.91 Å². The van der Waals surface area contributed by atoms with Crippen molar-refractivity contribution in [2.24, 2.45) is 0 Å². The van der Waals surface area contributed by atoms with Crippen LogP contribution in [0.1, 0.15) is 30.0 Å². The fourth-order valence-electron chi connectivity index (χ4n) is 2.31. The first kappa shape index (κ1) is 15.3. The number of piperidine rings is 1. The third-order valence-corrected chi connectivity index (χ3v) is 5.13. The second kappa shape index (κ2) is 7.60. The number of aromatic nitrogens is 3. The average Bonchev–Trinajstić information content (AvgIpc) is 3.23. The maximum atomic E-state index is 12.1. The van der Waals surface area contributed by atoms with Gasteiger partial charge in [-0.25, -0.2) is 4.98 Å². The molecule has 0 atom stereocenters. The van der Waals surface area contributed by atoms with Crippen molar-refractivity contribution in [2.45, 2.75) is 24.4 Å². The lowest BCUT2D eigenvalue weighted by molar-refractivity contribution is -0.129. The minimum absolute atomic E-state index is 0.185. The zero-order valence-corrected chi connectivity index (χ0v) is 13.8. The van der Waals surface area contributed by atoms with E-state index in [0.29, 0.717) is 16.7 Å². The third kappa shape index (κ3) is 4.20. The Morgan fingerprint density at radius 2 is 2.23 bits per heavy atom. The van der Waals surface area contributed by atoms with Crippen molar-refractivity contribution in [1.82, 2.24) is 20.1 Å². The summed E-state index contributed by atoms with van der Waals surface area (Å²) in [5, 5.41) is 9.68. The molecule has 0 spiro atoms. The van der Waals surface area contributed by atoms with E-state index in [9.17, 15) is 4.79 Å². The van der Waals surface area contributed by atoms with E-state index in [0.717, 1.165) is 25.9 Å². The van der Waals surface area contributed by atoms with Gasteiger partial charge in [0.2, 0.25) is 11.1 Å². The SMILES string of the molecule is O=C(CSc1n[nH]c(/C=C/c2cccs2)n1)N1CCCCC1. The molecule has 116 valence electrons. The number of carbonyl (C=O) groups is 1. The molecule has 5 nitrogen and oxygen atoms in total. The Morgan fingerprint density at radius 1 is 1.36 bits per heavy atom. The number of thioether (sulfide) groups is 1. The lowest BCUT2D eigenvalue weighted by Crippen LogP contribution is -2.36. The summed E-state index contributed by atoms with van der Waals surface area (Å²) in [6.07, 6.45) is 7.37. The Morgan fingerprint density at radius 3 is 3.00 bits per heavy atom. The van der Waals surface area contributed by atoms with Crippen LogP contribution >= 0.6 is 23.1 Å². The van der Waals surface area contributed by atoms with Crippen LogP contribution in [0.15, 0.2) is 22.7 Å². The molecule has 1 aliphatic heterocycles. The lowest BCUT2D eigenvalue weighted by atomic mass is 10.1. The van der Waals surface area contributed by atoms with E-state index in [2.05, 4.69) is 15.2 Å². The van der Waals surface area contributed by atoms with Gasteiger partial charge in [0.25, 0.3) is 0 Å². The number of thiophene rings is 1. The number of nitrogens with zero attached hydrogens (tertiary/aromatic N) is 3. The van der Waals surface area contributed by atoms with Crippen LogP contribution in [0.2, 0.25) is 0 Å². The minimum atomic E-state index is 0.185. The Balaban J connectivity index is 1.50. The Labute approximate surface area is 137 Å². The fraction of sp³-hybridized carbons (Fsp3) is 0.400. The summed E-state index contributed by atoms with van der Waals surface area (Å²) in [5.41, 5.74) is 0. The van der Waals surface area contributed by atoms with Crippen LogP contribution in [-0.4, -0.2) is 44.8 Å². The minimum Gasteiger partial charge on any atom is -0.342 e. The highest BCUT2D eigenvalue weighted by atomic mass is 32.2. The molecule has 0 saturated carbocycles. The van der Waals surface area contributed by atoms with E-state index in [1.165, 1.54) is 23.1 Å². The van der Waals surface area contributed by atoms with E-state index < -0.39 is 0 Å². The molecular weight excluding hydrogens is 316 g/mol. The molecule has 3 rings (SSSR count). The van der Waals surface area contributed by atoms with Crippen LogP contribution in [0, 0.1) is 0 Å². The molecule has 0 radical (unpaired) electrons. The van der Waals surface area contributed by atoms with Crippen molar-refractivity contribution >= 4 is 41.2 Å². The number of rotatable bonds is 5. The zero-order valence-electron chi connectivity index (χ0n) is 12.2. The normalized spacial score (nSPS) is 15.5. The van der Waals surface area contributed by atoms with Crippen molar-refractivity contribution in [3.8, 4) is 0 Å². The first-order valence-corrected chi connectivity index (χ1v) is 9.22. The van der Waals surface area contributed by atoms with Crippen LogP contribution in [0.3, 0.4) is 0 Å². The summed E-state index contributed by atoms with van der Waals surface area (Å²) in [4.78, 5) is 19.6. The van der Waals surface area contributed by atoms with Crippen LogP contribution < -0.4 is 0 Å². The summed E-state index contributed by atoms with van der Waals surface area (Å²) in [7, 11) is 0. The largest absolute Gasteiger partial charge is 0.342 e. The molecule has 1 amide bonds. The monoisotopic (exact) mass is 334 g/mol. The number of H-pyrrole nitrogens is 1. The van der Waals surface area contributed by atoms with Crippen LogP contribution in [0.4, 0.5) is 0 Å².